The van der Waals surface area contributed by atoms with E-state index in [0.717, 1.165) is 38.8 Å². The van der Waals surface area contributed by atoms with E-state index in [0.29, 0.717) is 17.6 Å². The van der Waals surface area contributed by atoms with Gasteiger partial charge in [0.05, 0.1) is 23.7 Å². The summed E-state index contributed by atoms with van der Waals surface area (Å²) < 4.78 is 13.3. The van der Waals surface area contributed by atoms with Gasteiger partial charge in [-0.3, -0.25) is 4.98 Å². The van der Waals surface area contributed by atoms with E-state index in [1.165, 1.54) is 0 Å². The molecule has 0 radical (unpaired) electrons. The number of benzene rings is 2. The molecule has 30 heavy (non-hydrogen) atoms. The Hall–Kier alpha value is -3.64. The Kier molecular flexibility index (Phi) is 4.69. The SMILES string of the molecule is COc1ccc(-n2nc3c(cnc4ccccc43)c2OCc2ccc(Cl)nc2)cc1. The number of methoxy groups -OCH3 is 1. The van der Waals surface area contributed by atoms with Crippen molar-refractivity contribution in [3.05, 3.63) is 83.8 Å². The van der Waals surface area contributed by atoms with Crippen LogP contribution in [0, 0.1) is 0 Å². The molecule has 3 aromatic heterocycles. The zero-order chi connectivity index (χ0) is 20.5. The third kappa shape index (κ3) is 3.31. The maximum atomic E-state index is 6.22. The molecule has 0 aliphatic rings. The van der Waals surface area contributed by atoms with Gasteiger partial charge in [0.2, 0.25) is 5.88 Å². The summed E-state index contributed by atoms with van der Waals surface area (Å²) in [5.41, 5.74) is 3.49. The van der Waals surface area contributed by atoms with E-state index < -0.39 is 0 Å². The molecule has 0 unspecified atom stereocenters. The lowest BCUT2D eigenvalue weighted by atomic mass is 10.2. The second kappa shape index (κ2) is 7.65. The molecule has 0 fully saturated rings. The number of ether oxygens (including phenoxy) is 2. The third-order valence-corrected chi connectivity index (χ3v) is 5.07. The number of nitrogens with zero attached hydrogens (tertiary/aromatic N) is 4. The first-order valence-electron chi connectivity index (χ1n) is 9.37. The minimum atomic E-state index is 0.327. The van der Waals surface area contributed by atoms with E-state index in [2.05, 4.69) is 9.97 Å². The minimum Gasteiger partial charge on any atom is -0.497 e. The Balaban J connectivity index is 1.64. The van der Waals surface area contributed by atoms with E-state index >= 15 is 0 Å². The van der Waals surface area contributed by atoms with Crippen molar-refractivity contribution in [2.24, 2.45) is 0 Å². The Morgan fingerprint density at radius 2 is 1.73 bits per heavy atom. The molecule has 0 aliphatic carbocycles. The third-order valence-electron chi connectivity index (χ3n) is 4.85. The summed E-state index contributed by atoms with van der Waals surface area (Å²) in [5, 5.41) is 7.13. The topological polar surface area (TPSA) is 62.1 Å². The fourth-order valence-corrected chi connectivity index (χ4v) is 3.44. The lowest BCUT2D eigenvalue weighted by Gasteiger charge is -2.10. The van der Waals surface area contributed by atoms with Crippen molar-refractivity contribution in [3.63, 3.8) is 0 Å². The van der Waals surface area contributed by atoms with Gasteiger partial charge in [0.1, 0.15) is 23.0 Å². The molecule has 5 rings (SSSR count). The first kappa shape index (κ1) is 18.4. The van der Waals surface area contributed by atoms with Gasteiger partial charge < -0.3 is 9.47 Å². The molecular formula is C23H17ClN4O2. The fraction of sp³-hybridized carbons (Fsp3) is 0.0870. The van der Waals surface area contributed by atoms with Crippen molar-refractivity contribution >= 4 is 33.4 Å². The van der Waals surface area contributed by atoms with Crippen LogP contribution < -0.4 is 9.47 Å². The van der Waals surface area contributed by atoms with Crippen LogP contribution in [-0.2, 0) is 6.61 Å². The van der Waals surface area contributed by atoms with Crippen LogP contribution in [0.5, 0.6) is 11.6 Å². The lowest BCUT2D eigenvalue weighted by molar-refractivity contribution is 0.288. The largest absolute Gasteiger partial charge is 0.497 e. The first-order chi connectivity index (χ1) is 14.7. The highest BCUT2D eigenvalue weighted by Gasteiger charge is 2.17. The lowest BCUT2D eigenvalue weighted by Crippen LogP contribution is -2.03. The molecule has 0 spiro atoms. The molecule has 0 saturated carbocycles. The molecule has 0 amide bonds. The minimum absolute atomic E-state index is 0.327. The van der Waals surface area contributed by atoms with E-state index in [1.807, 2.05) is 54.6 Å². The number of para-hydroxylation sites is 1. The van der Waals surface area contributed by atoms with Crippen molar-refractivity contribution in [3.8, 4) is 17.3 Å². The van der Waals surface area contributed by atoms with Crippen LogP contribution in [0.4, 0.5) is 0 Å². The Bertz CT molecular complexity index is 1330. The number of aromatic nitrogens is 4. The molecular weight excluding hydrogens is 400 g/mol. The molecule has 5 aromatic rings. The van der Waals surface area contributed by atoms with Gasteiger partial charge in [-0.25, -0.2) is 4.98 Å². The highest BCUT2D eigenvalue weighted by molar-refractivity contribution is 6.29. The van der Waals surface area contributed by atoms with Crippen LogP contribution >= 0.6 is 11.6 Å². The van der Waals surface area contributed by atoms with Crippen molar-refractivity contribution in [1.29, 1.82) is 0 Å². The summed E-state index contributed by atoms with van der Waals surface area (Å²) in [5.74, 6) is 1.39. The van der Waals surface area contributed by atoms with Gasteiger partial charge in [-0.05, 0) is 36.4 Å². The van der Waals surface area contributed by atoms with E-state index in [1.54, 1.807) is 30.3 Å². The van der Waals surface area contributed by atoms with Gasteiger partial charge in [-0.15, -0.1) is 0 Å². The Morgan fingerprint density at radius 1 is 0.900 bits per heavy atom. The van der Waals surface area contributed by atoms with Crippen molar-refractivity contribution < 1.29 is 9.47 Å². The van der Waals surface area contributed by atoms with Gasteiger partial charge in [0, 0.05) is 23.3 Å². The summed E-state index contributed by atoms with van der Waals surface area (Å²) in [6.45, 7) is 0.327. The Labute approximate surface area is 177 Å². The van der Waals surface area contributed by atoms with Gasteiger partial charge >= 0.3 is 0 Å². The number of halogens is 1. The Morgan fingerprint density at radius 3 is 2.50 bits per heavy atom. The van der Waals surface area contributed by atoms with Gasteiger partial charge in [0.25, 0.3) is 0 Å². The number of fused-ring (bicyclic) bond motifs is 3. The van der Waals surface area contributed by atoms with Gasteiger partial charge in [0.15, 0.2) is 0 Å². The normalized spacial score (nSPS) is 11.1. The number of rotatable bonds is 5. The highest BCUT2D eigenvalue weighted by atomic mass is 35.5. The second-order valence-corrected chi connectivity index (χ2v) is 7.12. The summed E-state index contributed by atoms with van der Waals surface area (Å²) >= 11 is 5.89. The van der Waals surface area contributed by atoms with Crippen molar-refractivity contribution in [2.45, 2.75) is 6.61 Å². The fourth-order valence-electron chi connectivity index (χ4n) is 3.33. The van der Waals surface area contributed by atoms with Crippen LogP contribution in [0.15, 0.2) is 73.1 Å². The van der Waals surface area contributed by atoms with Crippen LogP contribution in [-0.4, -0.2) is 26.9 Å². The molecule has 0 saturated heterocycles. The summed E-state index contributed by atoms with van der Waals surface area (Å²) in [4.78, 5) is 8.71. The maximum absolute atomic E-state index is 6.22. The maximum Gasteiger partial charge on any atom is 0.226 e. The van der Waals surface area contributed by atoms with Crippen molar-refractivity contribution in [2.75, 3.05) is 7.11 Å². The van der Waals surface area contributed by atoms with Crippen molar-refractivity contribution in [1.82, 2.24) is 19.7 Å². The summed E-state index contributed by atoms with van der Waals surface area (Å²) in [6.07, 6.45) is 3.51. The summed E-state index contributed by atoms with van der Waals surface area (Å²) in [7, 11) is 1.64. The molecule has 6 nitrogen and oxygen atoms in total. The highest BCUT2D eigenvalue weighted by Crippen LogP contribution is 2.33. The van der Waals surface area contributed by atoms with E-state index in [4.69, 9.17) is 26.2 Å². The molecule has 2 aromatic carbocycles. The zero-order valence-electron chi connectivity index (χ0n) is 16.1. The predicted molar refractivity (Wildman–Crippen MR) is 117 cm³/mol. The standard InChI is InChI=1S/C23H17ClN4O2/c1-29-17-9-7-16(8-10-17)28-23(30-14-15-6-11-21(24)26-12-15)19-13-25-20-5-3-2-4-18(20)22(19)27-28/h2-13H,14H2,1H3. The predicted octanol–water partition coefficient (Wildman–Crippen LogP) is 5.21. The van der Waals surface area contributed by atoms with Crippen LogP contribution in [0.2, 0.25) is 5.15 Å². The number of hydrogen-bond acceptors (Lipinski definition) is 5. The number of pyridine rings is 2. The average Bonchev–Trinajstić information content (AvgIpc) is 3.18. The van der Waals surface area contributed by atoms with Crippen LogP contribution in [0.25, 0.3) is 27.5 Å². The van der Waals surface area contributed by atoms with Crippen LogP contribution in [0.3, 0.4) is 0 Å². The first-order valence-corrected chi connectivity index (χ1v) is 9.75. The van der Waals surface area contributed by atoms with Gasteiger partial charge in [-0.2, -0.15) is 9.78 Å². The van der Waals surface area contributed by atoms with E-state index in [9.17, 15) is 0 Å². The molecule has 0 N–H and O–H groups in total. The quantitative estimate of drug-likeness (QED) is 0.368. The van der Waals surface area contributed by atoms with Gasteiger partial charge in [-0.1, -0.05) is 35.9 Å². The monoisotopic (exact) mass is 416 g/mol. The zero-order valence-corrected chi connectivity index (χ0v) is 16.9. The molecule has 0 aliphatic heterocycles. The van der Waals surface area contributed by atoms with E-state index in [-0.39, 0.29) is 0 Å². The molecule has 148 valence electrons. The smallest absolute Gasteiger partial charge is 0.226 e. The molecule has 7 heteroatoms. The average molecular weight is 417 g/mol. The number of hydrogen-bond donors (Lipinski definition) is 0. The van der Waals surface area contributed by atoms with Crippen LogP contribution in [0.1, 0.15) is 5.56 Å². The molecule has 0 bridgehead atoms. The summed E-state index contributed by atoms with van der Waals surface area (Å²) in [6, 6.07) is 19.2. The molecule has 0 atom stereocenters. The second-order valence-electron chi connectivity index (χ2n) is 6.73. The molecule has 3 heterocycles.